The number of aryl methyl sites for hydroxylation is 1. The molecule has 0 unspecified atom stereocenters. The lowest BCUT2D eigenvalue weighted by Crippen LogP contribution is -2.14. The molecule has 0 aromatic heterocycles. The summed E-state index contributed by atoms with van der Waals surface area (Å²) in [6.45, 7) is 6.05. The molecule has 3 nitrogen and oxygen atoms in total. The molecule has 23 heavy (non-hydrogen) atoms. The number of thioether (sulfide) groups is 1. The summed E-state index contributed by atoms with van der Waals surface area (Å²) in [5.74, 6) is 2.05. The van der Waals surface area contributed by atoms with Crippen molar-refractivity contribution in [3.05, 3.63) is 59.7 Å². The minimum absolute atomic E-state index is 0.00489. The second kappa shape index (κ2) is 8.63. The van der Waals surface area contributed by atoms with Gasteiger partial charge in [0.05, 0.1) is 11.9 Å². The molecule has 0 saturated heterocycles. The lowest BCUT2D eigenvalue weighted by atomic mass is 10.1. The van der Waals surface area contributed by atoms with Crippen LogP contribution in [0.1, 0.15) is 25.0 Å². The number of anilines is 1. The largest absolute Gasteiger partial charge is 0.491 e. The highest BCUT2D eigenvalue weighted by atomic mass is 32.2. The fourth-order valence-electron chi connectivity index (χ4n) is 2.14. The van der Waals surface area contributed by atoms with Gasteiger partial charge in [-0.15, -0.1) is 11.8 Å². The molecule has 0 bridgehead atoms. The summed E-state index contributed by atoms with van der Waals surface area (Å²) in [6, 6.07) is 15.8. The van der Waals surface area contributed by atoms with Crippen LogP contribution in [0.25, 0.3) is 0 Å². The van der Waals surface area contributed by atoms with Crippen molar-refractivity contribution in [2.75, 3.05) is 11.1 Å². The molecular formula is C19H23NO2S. The molecule has 4 heteroatoms. The summed E-state index contributed by atoms with van der Waals surface area (Å²) in [7, 11) is 0. The van der Waals surface area contributed by atoms with Crippen molar-refractivity contribution in [3.63, 3.8) is 0 Å². The van der Waals surface area contributed by atoms with E-state index in [0.717, 1.165) is 17.2 Å². The first-order chi connectivity index (χ1) is 11.0. The fraction of sp³-hybridized carbons (Fsp3) is 0.316. The van der Waals surface area contributed by atoms with Crippen molar-refractivity contribution in [3.8, 4) is 5.75 Å². The van der Waals surface area contributed by atoms with Crippen LogP contribution in [0.5, 0.6) is 5.75 Å². The van der Waals surface area contributed by atoms with Crippen molar-refractivity contribution >= 4 is 23.4 Å². The molecule has 0 fully saturated rings. The van der Waals surface area contributed by atoms with Gasteiger partial charge in [0.2, 0.25) is 5.91 Å². The smallest absolute Gasteiger partial charge is 0.234 e. The highest BCUT2D eigenvalue weighted by Crippen LogP contribution is 2.20. The second-order valence-corrected chi connectivity index (χ2v) is 6.65. The molecule has 0 aliphatic rings. The first kappa shape index (κ1) is 17.4. The van der Waals surface area contributed by atoms with E-state index in [-0.39, 0.29) is 12.0 Å². The maximum Gasteiger partial charge on any atom is 0.234 e. The van der Waals surface area contributed by atoms with E-state index in [1.807, 2.05) is 50.2 Å². The van der Waals surface area contributed by atoms with Gasteiger partial charge in [0.25, 0.3) is 0 Å². The number of benzene rings is 2. The third kappa shape index (κ3) is 5.99. The van der Waals surface area contributed by atoms with Gasteiger partial charge in [0.1, 0.15) is 5.75 Å². The van der Waals surface area contributed by atoms with Crippen LogP contribution in [0.3, 0.4) is 0 Å². The van der Waals surface area contributed by atoms with Crippen molar-refractivity contribution in [2.45, 2.75) is 32.6 Å². The summed E-state index contributed by atoms with van der Waals surface area (Å²) < 4.78 is 5.63. The van der Waals surface area contributed by atoms with E-state index in [1.165, 1.54) is 11.1 Å². The molecule has 0 heterocycles. The van der Waals surface area contributed by atoms with E-state index in [1.54, 1.807) is 11.8 Å². The highest BCUT2D eigenvalue weighted by molar-refractivity contribution is 7.99. The average Bonchev–Trinajstić information content (AvgIpc) is 2.49. The maximum atomic E-state index is 12.0. The number of carbonyl (C=O) groups excluding carboxylic acids is 1. The van der Waals surface area contributed by atoms with Crippen molar-refractivity contribution in [1.82, 2.24) is 0 Å². The minimum atomic E-state index is 0.00489. The number of ether oxygens (including phenoxy) is 1. The molecule has 0 radical (unpaired) electrons. The van der Waals surface area contributed by atoms with Crippen LogP contribution < -0.4 is 10.1 Å². The molecule has 2 aromatic carbocycles. The molecule has 122 valence electrons. The Morgan fingerprint density at radius 3 is 2.70 bits per heavy atom. The number of rotatable bonds is 7. The van der Waals surface area contributed by atoms with Crippen LogP contribution in [0.15, 0.2) is 48.5 Å². The summed E-state index contributed by atoms with van der Waals surface area (Å²) >= 11 is 1.62. The van der Waals surface area contributed by atoms with Gasteiger partial charge in [0, 0.05) is 17.5 Å². The molecule has 1 amide bonds. The highest BCUT2D eigenvalue weighted by Gasteiger charge is 2.05. The molecular weight excluding hydrogens is 306 g/mol. The predicted octanol–water partition coefficient (Wildman–Crippen LogP) is 4.65. The number of carbonyl (C=O) groups is 1. The third-order valence-corrected chi connectivity index (χ3v) is 4.22. The molecule has 2 rings (SSSR count). The Balaban J connectivity index is 1.82. The number of hydrogen-bond donors (Lipinski definition) is 1. The quantitative estimate of drug-likeness (QED) is 0.803. The van der Waals surface area contributed by atoms with Gasteiger partial charge in [-0.1, -0.05) is 30.3 Å². The Bertz CT molecular complexity index is 655. The molecule has 1 N–H and O–H groups in total. The van der Waals surface area contributed by atoms with Crippen molar-refractivity contribution < 1.29 is 9.53 Å². The lowest BCUT2D eigenvalue weighted by Gasteiger charge is -2.11. The van der Waals surface area contributed by atoms with Crippen LogP contribution in [-0.2, 0) is 10.5 Å². The molecule has 0 aliphatic heterocycles. The second-order valence-electron chi connectivity index (χ2n) is 5.66. The normalized spacial score (nSPS) is 10.6. The van der Waals surface area contributed by atoms with Gasteiger partial charge in [-0.3, -0.25) is 4.79 Å². The Morgan fingerprint density at radius 2 is 1.96 bits per heavy atom. The van der Waals surface area contributed by atoms with Gasteiger partial charge >= 0.3 is 0 Å². The zero-order chi connectivity index (χ0) is 16.7. The van der Waals surface area contributed by atoms with Gasteiger partial charge in [-0.25, -0.2) is 0 Å². The van der Waals surface area contributed by atoms with Crippen LogP contribution in [0, 0.1) is 6.92 Å². The topological polar surface area (TPSA) is 38.3 Å². The minimum Gasteiger partial charge on any atom is -0.491 e. The molecule has 0 aliphatic carbocycles. The monoisotopic (exact) mass is 329 g/mol. The number of hydrogen-bond acceptors (Lipinski definition) is 3. The Hall–Kier alpha value is -1.94. The first-order valence-corrected chi connectivity index (χ1v) is 8.89. The average molecular weight is 329 g/mol. The van der Waals surface area contributed by atoms with Gasteiger partial charge in [-0.2, -0.15) is 0 Å². The Kier molecular flexibility index (Phi) is 6.53. The first-order valence-electron chi connectivity index (χ1n) is 7.73. The summed E-state index contributed by atoms with van der Waals surface area (Å²) in [4.78, 5) is 12.0. The van der Waals surface area contributed by atoms with Crippen molar-refractivity contribution in [1.29, 1.82) is 0 Å². The van der Waals surface area contributed by atoms with Crippen LogP contribution in [0.2, 0.25) is 0 Å². The summed E-state index contributed by atoms with van der Waals surface area (Å²) in [5.41, 5.74) is 3.31. The summed E-state index contributed by atoms with van der Waals surface area (Å²) in [5, 5.41) is 2.92. The van der Waals surface area contributed by atoms with Crippen LogP contribution >= 0.6 is 11.8 Å². The molecule has 0 saturated carbocycles. The van der Waals surface area contributed by atoms with E-state index in [0.29, 0.717) is 5.75 Å². The molecule has 0 spiro atoms. The van der Waals surface area contributed by atoms with E-state index >= 15 is 0 Å². The Morgan fingerprint density at radius 1 is 1.17 bits per heavy atom. The molecule has 2 aromatic rings. The Labute approximate surface area is 142 Å². The predicted molar refractivity (Wildman–Crippen MR) is 98.2 cm³/mol. The molecule has 0 atom stereocenters. The fourth-order valence-corrected chi connectivity index (χ4v) is 3.05. The lowest BCUT2D eigenvalue weighted by molar-refractivity contribution is -0.113. The van der Waals surface area contributed by atoms with E-state index in [2.05, 4.69) is 24.4 Å². The maximum absolute atomic E-state index is 12.0. The van der Waals surface area contributed by atoms with E-state index in [4.69, 9.17) is 4.74 Å². The van der Waals surface area contributed by atoms with Crippen molar-refractivity contribution in [2.24, 2.45) is 0 Å². The zero-order valence-corrected chi connectivity index (χ0v) is 14.7. The van der Waals surface area contributed by atoms with Gasteiger partial charge in [-0.05, 0) is 44.0 Å². The number of amides is 1. The SMILES string of the molecule is Cc1ccccc1CSCC(=O)Nc1cccc(OC(C)C)c1. The zero-order valence-electron chi connectivity index (χ0n) is 13.8. The summed E-state index contributed by atoms with van der Waals surface area (Å²) in [6.07, 6.45) is 0.116. The van der Waals surface area contributed by atoms with E-state index in [9.17, 15) is 4.79 Å². The van der Waals surface area contributed by atoms with E-state index < -0.39 is 0 Å². The van der Waals surface area contributed by atoms with Crippen LogP contribution in [0.4, 0.5) is 5.69 Å². The standard InChI is InChI=1S/C19H23NO2S/c1-14(2)22-18-10-6-9-17(11-18)20-19(21)13-23-12-16-8-5-4-7-15(16)3/h4-11,14H,12-13H2,1-3H3,(H,20,21). The van der Waals surface area contributed by atoms with Crippen LogP contribution in [-0.4, -0.2) is 17.8 Å². The van der Waals surface area contributed by atoms with Gasteiger partial charge < -0.3 is 10.1 Å². The van der Waals surface area contributed by atoms with Gasteiger partial charge in [0.15, 0.2) is 0 Å². The third-order valence-electron chi connectivity index (χ3n) is 3.24. The number of nitrogens with one attached hydrogen (secondary N) is 1.